The molecule has 2 aromatic rings. The smallest absolute Gasteiger partial charge is 0.413 e. The summed E-state index contributed by atoms with van der Waals surface area (Å²) in [6.45, 7) is 0. The fourth-order valence-corrected chi connectivity index (χ4v) is 2.49. The lowest BCUT2D eigenvalue weighted by Crippen LogP contribution is -2.25. The Morgan fingerprint density at radius 2 is 1.73 bits per heavy atom. The van der Waals surface area contributed by atoms with Crippen molar-refractivity contribution in [1.29, 1.82) is 0 Å². The number of ether oxygens (including phenoxy) is 1. The van der Waals surface area contributed by atoms with Gasteiger partial charge in [-0.05, 0) is 59.0 Å². The molecule has 0 atom stereocenters. The summed E-state index contributed by atoms with van der Waals surface area (Å²) in [5.74, 6) is -0.168. The molecule has 0 aliphatic heterocycles. The lowest BCUT2D eigenvalue weighted by Gasteiger charge is -2.16. The number of rotatable bonds is 3. The van der Waals surface area contributed by atoms with E-state index in [2.05, 4.69) is 32.6 Å². The molecular weight excluding hydrogens is 395 g/mol. The minimum Gasteiger partial charge on any atom is -0.452 e. The monoisotopic (exact) mass is 410 g/mol. The number of anilines is 2. The molecule has 2 aromatic carbocycles. The number of hydrogen-bond donors (Lipinski definition) is 1. The maximum atomic E-state index is 12.2. The number of halogens is 1. The molecule has 0 bridgehead atoms. The number of nitrogens with zero attached hydrogens (tertiary/aromatic N) is 1. The molecule has 0 saturated heterocycles. The first-order chi connectivity index (χ1) is 10.5. The fraction of sp³-hybridized carbons (Fsp3) is 0.125. The molecule has 5 nitrogen and oxygen atoms in total. The molecule has 22 heavy (non-hydrogen) atoms. The number of amides is 2. The lowest BCUT2D eigenvalue weighted by molar-refractivity contribution is 0.102. The summed E-state index contributed by atoms with van der Waals surface area (Å²) in [5, 5.41) is 2.83. The Hall–Kier alpha value is -2.09. The second-order valence-electron chi connectivity index (χ2n) is 4.51. The molecule has 0 aliphatic carbocycles. The van der Waals surface area contributed by atoms with Crippen molar-refractivity contribution in [3.8, 4) is 0 Å². The molecule has 0 fully saturated rings. The Morgan fingerprint density at radius 1 is 1.09 bits per heavy atom. The van der Waals surface area contributed by atoms with Gasteiger partial charge in [-0.15, -0.1) is 0 Å². The van der Waals surface area contributed by atoms with Crippen LogP contribution in [0.25, 0.3) is 0 Å². The summed E-state index contributed by atoms with van der Waals surface area (Å²) in [5.41, 5.74) is 1.96. The maximum absolute atomic E-state index is 12.2. The number of nitrogens with one attached hydrogen (secondary N) is 1. The van der Waals surface area contributed by atoms with Crippen LogP contribution >= 0.6 is 22.6 Å². The zero-order chi connectivity index (χ0) is 16.1. The van der Waals surface area contributed by atoms with Crippen molar-refractivity contribution in [1.82, 2.24) is 0 Å². The molecular formula is C16H15IN2O3. The van der Waals surface area contributed by atoms with E-state index in [1.165, 1.54) is 12.0 Å². The first-order valence-corrected chi connectivity index (χ1v) is 7.58. The van der Waals surface area contributed by atoms with Gasteiger partial charge in [0.25, 0.3) is 5.91 Å². The van der Waals surface area contributed by atoms with E-state index >= 15 is 0 Å². The maximum Gasteiger partial charge on any atom is 0.413 e. The Bertz CT molecular complexity index is 686. The molecule has 0 aliphatic rings. The minimum atomic E-state index is -0.448. The highest BCUT2D eigenvalue weighted by Crippen LogP contribution is 2.19. The summed E-state index contributed by atoms with van der Waals surface area (Å²) in [4.78, 5) is 25.0. The third-order valence-electron chi connectivity index (χ3n) is 3.08. The second-order valence-corrected chi connectivity index (χ2v) is 5.67. The van der Waals surface area contributed by atoms with Crippen LogP contribution in [-0.2, 0) is 4.74 Å². The van der Waals surface area contributed by atoms with Crippen LogP contribution in [0.5, 0.6) is 0 Å². The Balaban J connectivity index is 2.10. The Morgan fingerprint density at radius 3 is 2.32 bits per heavy atom. The highest BCUT2D eigenvalue weighted by molar-refractivity contribution is 14.1. The average molecular weight is 410 g/mol. The standard InChI is InChI=1S/C16H15IN2O3/c1-19(16(21)22-2)12-9-7-11(8-10-12)18-15(20)13-5-3-4-6-14(13)17/h3-10H,1-2H3,(H,18,20). The summed E-state index contributed by atoms with van der Waals surface area (Å²) in [7, 11) is 2.95. The van der Waals surface area contributed by atoms with Crippen LogP contribution in [-0.4, -0.2) is 26.2 Å². The summed E-state index contributed by atoms with van der Waals surface area (Å²) in [6, 6.07) is 14.3. The van der Waals surface area contributed by atoms with E-state index in [4.69, 9.17) is 0 Å². The molecule has 0 spiro atoms. The number of carbonyl (C=O) groups is 2. The molecule has 2 amide bonds. The molecule has 0 aromatic heterocycles. The van der Waals surface area contributed by atoms with E-state index in [0.717, 1.165) is 3.57 Å². The summed E-state index contributed by atoms with van der Waals surface area (Å²) < 4.78 is 5.54. The van der Waals surface area contributed by atoms with Crippen LogP contribution < -0.4 is 10.2 Å². The Labute approximate surface area is 142 Å². The van der Waals surface area contributed by atoms with E-state index in [1.807, 2.05) is 18.2 Å². The van der Waals surface area contributed by atoms with E-state index in [-0.39, 0.29) is 5.91 Å². The number of hydrogen-bond acceptors (Lipinski definition) is 3. The van der Waals surface area contributed by atoms with Crippen molar-refractivity contribution in [2.75, 3.05) is 24.4 Å². The second kappa shape index (κ2) is 7.26. The molecule has 0 saturated carbocycles. The van der Waals surface area contributed by atoms with Crippen LogP contribution in [0.2, 0.25) is 0 Å². The molecule has 6 heteroatoms. The normalized spacial score (nSPS) is 9.95. The number of benzene rings is 2. The van der Waals surface area contributed by atoms with Gasteiger partial charge in [0.15, 0.2) is 0 Å². The average Bonchev–Trinajstić information content (AvgIpc) is 2.54. The van der Waals surface area contributed by atoms with Gasteiger partial charge in [0.1, 0.15) is 0 Å². The van der Waals surface area contributed by atoms with E-state index in [0.29, 0.717) is 16.9 Å². The molecule has 0 heterocycles. The zero-order valence-electron chi connectivity index (χ0n) is 12.2. The first kappa shape index (κ1) is 16.3. The fourth-order valence-electron chi connectivity index (χ4n) is 1.85. The molecule has 0 unspecified atom stereocenters. The van der Waals surface area contributed by atoms with Crippen molar-refractivity contribution in [2.24, 2.45) is 0 Å². The van der Waals surface area contributed by atoms with Gasteiger partial charge in [0.05, 0.1) is 12.7 Å². The minimum absolute atomic E-state index is 0.168. The molecule has 2 rings (SSSR count). The number of carbonyl (C=O) groups excluding carboxylic acids is 2. The third kappa shape index (κ3) is 3.76. The van der Waals surface area contributed by atoms with Crippen LogP contribution in [0, 0.1) is 3.57 Å². The van der Waals surface area contributed by atoms with E-state index < -0.39 is 6.09 Å². The largest absolute Gasteiger partial charge is 0.452 e. The summed E-state index contributed by atoms with van der Waals surface area (Å²) >= 11 is 2.12. The first-order valence-electron chi connectivity index (χ1n) is 6.50. The zero-order valence-corrected chi connectivity index (χ0v) is 14.3. The van der Waals surface area contributed by atoms with Gasteiger partial charge in [0.2, 0.25) is 0 Å². The van der Waals surface area contributed by atoms with Crippen molar-refractivity contribution >= 4 is 46.0 Å². The molecule has 1 N–H and O–H groups in total. The predicted molar refractivity (Wildman–Crippen MR) is 94.4 cm³/mol. The topological polar surface area (TPSA) is 58.6 Å². The van der Waals surface area contributed by atoms with Crippen LogP contribution in [0.15, 0.2) is 48.5 Å². The molecule has 114 valence electrons. The van der Waals surface area contributed by atoms with Crippen LogP contribution in [0.4, 0.5) is 16.2 Å². The van der Waals surface area contributed by atoms with Crippen LogP contribution in [0.1, 0.15) is 10.4 Å². The third-order valence-corrected chi connectivity index (χ3v) is 4.02. The lowest BCUT2D eigenvalue weighted by atomic mass is 10.2. The summed E-state index contributed by atoms with van der Waals surface area (Å²) in [6.07, 6.45) is -0.448. The van der Waals surface area contributed by atoms with Gasteiger partial charge in [-0.2, -0.15) is 0 Å². The van der Waals surface area contributed by atoms with Gasteiger partial charge in [0, 0.05) is 22.0 Å². The van der Waals surface area contributed by atoms with Crippen molar-refractivity contribution in [2.45, 2.75) is 0 Å². The quantitative estimate of drug-likeness (QED) is 0.785. The van der Waals surface area contributed by atoms with Gasteiger partial charge < -0.3 is 10.1 Å². The van der Waals surface area contributed by atoms with Crippen molar-refractivity contribution < 1.29 is 14.3 Å². The van der Waals surface area contributed by atoms with Gasteiger partial charge in [-0.1, -0.05) is 12.1 Å². The SMILES string of the molecule is COC(=O)N(C)c1ccc(NC(=O)c2ccccc2I)cc1. The van der Waals surface area contributed by atoms with Crippen LogP contribution in [0.3, 0.4) is 0 Å². The van der Waals surface area contributed by atoms with E-state index in [9.17, 15) is 9.59 Å². The molecule has 0 radical (unpaired) electrons. The Kier molecular flexibility index (Phi) is 5.37. The van der Waals surface area contributed by atoms with Crippen molar-refractivity contribution in [3.63, 3.8) is 0 Å². The van der Waals surface area contributed by atoms with Gasteiger partial charge >= 0.3 is 6.09 Å². The highest BCUT2D eigenvalue weighted by atomic mass is 127. The van der Waals surface area contributed by atoms with Gasteiger partial charge in [-0.25, -0.2) is 4.79 Å². The highest BCUT2D eigenvalue weighted by Gasteiger charge is 2.12. The van der Waals surface area contributed by atoms with E-state index in [1.54, 1.807) is 37.4 Å². The van der Waals surface area contributed by atoms with Crippen molar-refractivity contribution in [3.05, 3.63) is 57.7 Å². The number of methoxy groups -OCH3 is 1. The predicted octanol–water partition coefficient (Wildman–Crippen LogP) is 3.75. The van der Waals surface area contributed by atoms with Gasteiger partial charge in [-0.3, -0.25) is 9.69 Å².